The van der Waals surface area contributed by atoms with Gasteiger partial charge in [-0.1, -0.05) is 0 Å². The summed E-state index contributed by atoms with van der Waals surface area (Å²) >= 11 is 0. The van der Waals surface area contributed by atoms with E-state index in [0.717, 1.165) is 13.0 Å². The molecular weight excluding hydrogens is 78.0 g/mol. The first-order chi connectivity index (χ1) is 2.89. The monoisotopic (exact) mass is 86.1 g/mol. The van der Waals surface area contributed by atoms with Crippen LogP contribution >= 0.6 is 0 Å². The summed E-state index contributed by atoms with van der Waals surface area (Å²) in [5, 5.41) is 12.5. The van der Waals surface area contributed by atoms with Gasteiger partial charge in [-0.05, 0) is 6.42 Å². The summed E-state index contributed by atoms with van der Waals surface area (Å²) in [7, 11) is 0. The van der Waals surface area contributed by atoms with Gasteiger partial charge in [0.05, 0.1) is 6.10 Å². The van der Waals surface area contributed by atoms with Crippen LogP contribution in [0.5, 0.6) is 0 Å². The second kappa shape index (κ2) is 1.58. The molecule has 0 spiro atoms. The molecular formula is C4H8NO. The standard InChI is InChI=1S/C4H8NO/c6-4-1-2-5-3-4/h4,6H,1-3H2. The van der Waals surface area contributed by atoms with Crippen LogP contribution in [0.15, 0.2) is 0 Å². The average molecular weight is 86.1 g/mol. The van der Waals surface area contributed by atoms with Crippen LogP contribution in [0.4, 0.5) is 0 Å². The number of rotatable bonds is 0. The van der Waals surface area contributed by atoms with Crippen molar-refractivity contribution in [3.8, 4) is 0 Å². The third-order valence-electron chi connectivity index (χ3n) is 0.960. The summed E-state index contributed by atoms with van der Waals surface area (Å²) in [6, 6.07) is 0. The van der Waals surface area contributed by atoms with Gasteiger partial charge in [0.2, 0.25) is 0 Å². The third-order valence-corrected chi connectivity index (χ3v) is 0.960. The molecule has 1 unspecified atom stereocenters. The van der Waals surface area contributed by atoms with Gasteiger partial charge in [-0.3, -0.25) is 0 Å². The van der Waals surface area contributed by atoms with E-state index < -0.39 is 0 Å². The highest BCUT2D eigenvalue weighted by atomic mass is 16.3. The van der Waals surface area contributed by atoms with E-state index in [1.807, 2.05) is 0 Å². The molecule has 0 aliphatic carbocycles. The fraction of sp³-hybridized carbons (Fsp3) is 1.00. The zero-order chi connectivity index (χ0) is 4.41. The Balaban J connectivity index is 2.18. The number of nitrogens with zero attached hydrogens (tertiary/aromatic N) is 1. The number of aliphatic hydroxyl groups is 1. The molecule has 0 saturated carbocycles. The van der Waals surface area contributed by atoms with Crippen LogP contribution < -0.4 is 5.32 Å². The minimum atomic E-state index is -0.120. The molecule has 1 saturated heterocycles. The predicted molar refractivity (Wildman–Crippen MR) is 22.5 cm³/mol. The minimum absolute atomic E-state index is 0.120. The van der Waals surface area contributed by atoms with Crippen molar-refractivity contribution < 1.29 is 5.11 Å². The van der Waals surface area contributed by atoms with Crippen LogP contribution in [0.2, 0.25) is 0 Å². The molecule has 1 radical (unpaired) electrons. The molecule has 35 valence electrons. The minimum Gasteiger partial charge on any atom is -0.392 e. The fourth-order valence-corrected chi connectivity index (χ4v) is 0.572. The Labute approximate surface area is 37.2 Å². The summed E-state index contributed by atoms with van der Waals surface area (Å²) in [5.74, 6) is 0. The molecule has 1 atom stereocenters. The van der Waals surface area contributed by atoms with Gasteiger partial charge in [0.15, 0.2) is 0 Å². The van der Waals surface area contributed by atoms with E-state index in [1.165, 1.54) is 0 Å². The maximum atomic E-state index is 8.64. The molecule has 0 bridgehead atoms. The quantitative estimate of drug-likeness (QED) is 0.418. The highest BCUT2D eigenvalue weighted by Gasteiger charge is 2.09. The molecule has 1 N–H and O–H groups in total. The Morgan fingerprint density at radius 3 is 2.67 bits per heavy atom. The van der Waals surface area contributed by atoms with Crippen LogP contribution in [-0.4, -0.2) is 24.3 Å². The zero-order valence-electron chi connectivity index (χ0n) is 3.59. The summed E-state index contributed by atoms with van der Waals surface area (Å²) in [6.45, 7) is 1.53. The first-order valence-electron chi connectivity index (χ1n) is 2.21. The summed E-state index contributed by atoms with van der Waals surface area (Å²) in [4.78, 5) is 0. The molecule has 0 aromatic heterocycles. The molecule has 0 amide bonds. The van der Waals surface area contributed by atoms with E-state index in [2.05, 4.69) is 5.32 Å². The maximum Gasteiger partial charge on any atom is 0.0694 e. The third kappa shape index (κ3) is 0.698. The van der Waals surface area contributed by atoms with Crippen LogP contribution in [0.1, 0.15) is 6.42 Å². The Bertz CT molecular complexity index is 40.8. The molecule has 0 aromatic rings. The van der Waals surface area contributed by atoms with Crippen LogP contribution in [0.3, 0.4) is 0 Å². The molecule has 6 heavy (non-hydrogen) atoms. The lowest BCUT2D eigenvalue weighted by Crippen LogP contribution is -2.06. The van der Waals surface area contributed by atoms with E-state index in [4.69, 9.17) is 5.11 Å². The van der Waals surface area contributed by atoms with E-state index in [0.29, 0.717) is 6.54 Å². The topological polar surface area (TPSA) is 34.3 Å². The number of aliphatic hydroxyl groups excluding tert-OH is 1. The second-order valence-electron chi connectivity index (χ2n) is 1.57. The van der Waals surface area contributed by atoms with Crippen LogP contribution in [0.25, 0.3) is 0 Å². The predicted octanol–water partition coefficient (Wildman–Crippen LogP) is -0.645. The van der Waals surface area contributed by atoms with Crippen molar-refractivity contribution in [2.45, 2.75) is 12.5 Å². The van der Waals surface area contributed by atoms with E-state index in [-0.39, 0.29) is 6.10 Å². The second-order valence-corrected chi connectivity index (χ2v) is 1.57. The molecule has 2 heteroatoms. The highest BCUT2D eigenvalue weighted by Crippen LogP contribution is 1.95. The summed E-state index contributed by atoms with van der Waals surface area (Å²) < 4.78 is 0. The van der Waals surface area contributed by atoms with Gasteiger partial charge < -0.3 is 5.11 Å². The van der Waals surface area contributed by atoms with Gasteiger partial charge >= 0.3 is 0 Å². The van der Waals surface area contributed by atoms with Crippen molar-refractivity contribution in [1.29, 1.82) is 0 Å². The number of hydrogen-bond donors (Lipinski definition) is 1. The van der Waals surface area contributed by atoms with Crippen molar-refractivity contribution in [3.05, 3.63) is 0 Å². The summed E-state index contributed by atoms with van der Waals surface area (Å²) in [5.41, 5.74) is 0. The van der Waals surface area contributed by atoms with Crippen LogP contribution in [-0.2, 0) is 0 Å². The lowest BCUT2D eigenvalue weighted by atomic mass is 10.3. The summed E-state index contributed by atoms with van der Waals surface area (Å²) in [6.07, 6.45) is 0.755. The lowest BCUT2D eigenvalue weighted by molar-refractivity contribution is 0.196. The van der Waals surface area contributed by atoms with E-state index in [9.17, 15) is 0 Å². The smallest absolute Gasteiger partial charge is 0.0694 e. The van der Waals surface area contributed by atoms with Gasteiger partial charge in [-0.25, -0.2) is 5.32 Å². The largest absolute Gasteiger partial charge is 0.392 e. The van der Waals surface area contributed by atoms with Crippen molar-refractivity contribution >= 4 is 0 Å². The van der Waals surface area contributed by atoms with Gasteiger partial charge in [0.1, 0.15) is 0 Å². The first-order valence-corrected chi connectivity index (χ1v) is 2.21. The highest BCUT2D eigenvalue weighted by molar-refractivity contribution is 4.67. The molecule has 1 heterocycles. The van der Waals surface area contributed by atoms with Gasteiger partial charge in [-0.2, -0.15) is 0 Å². The van der Waals surface area contributed by atoms with Crippen LogP contribution in [0, 0.1) is 0 Å². The Hall–Kier alpha value is -0.0800. The number of hydrogen-bond acceptors (Lipinski definition) is 1. The van der Waals surface area contributed by atoms with Gasteiger partial charge in [-0.15, -0.1) is 0 Å². The van der Waals surface area contributed by atoms with Gasteiger partial charge in [0, 0.05) is 13.1 Å². The fourth-order valence-electron chi connectivity index (χ4n) is 0.572. The Morgan fingerprint density at radius 2 is 2.50 bits per heavy atom. The molecule has 2 nitrogen and oxygen atoms in total. The van der Waals surface area contributed by atoms with Crippen molar-refractivity contribution in [2.75, 3.05) is 13.1 Å². The molecule has 1 rings (SSSR count). The normalized spacial score (nSPS) is 34.5. The van der Waals surface area contributed by atoms with Gasteiger partial charge in [0.25, 0.3) is 0 Å². The molecule has 0 aromatic carbocycles. The molecule has 1 aliphatic rings. The van der Waals surface area contributed by atoms with Crippen molar-refractivity contribution in [2.24, 2.45) is 0 Å². The SMILES string of the molecule is OC1CC[N]C1. The average Bonchev–Trinajstić information content (AvgIpc) is 1.86. The zero-order valence-corrected chi connectivity index (χ0v) is 3.59. The Kier molecular flexibility index (Phi) is 1.08. The lowest BCUT2D eigenvalue weighted by Gasteiger charge is -1.89. The molecule has 1 fully saturated rings. The van der Waals surface area contributed by atoms with E-state index in [1.54, 1.807) is 0 Å². The van der Waals surface area contributed by atoms with E-state index >= 15 is 0 Å². The van der Waals surface area contributed by atoms with Crippen molar-refractivity contribution in [3.63, 3.8) is 0 Å². The first kappa shape index (κ1) is 4.09. The Morgan fingerprint density at radius 1 is 1.67 bits per heavy atom. The van der Waals surface area contributed by atoms with Crippen molar-refractivity contribution in [1.82, 2.24) is 5.32 Å². The molecule has 1 aliphatic heterocycles. The maximum absolute atomic E-state index is 8.64.